The Hall–Kier alpha value is -3.47. The highest BCUT2D eigenvalue weighted by Gasteiger charge is 2.13. The smallest absolute Gasteiger partial charge is 0.153 e. The summed E-state index contributed by atoms with van der Waals surface area (Å²) in [5, 5.41) is 12.1. The molecule has 0 spiro atoms. The third-order valence-electron chi connectivity index (χ3n) is 4.15. The van der Waals surface area contributed by atoms with Crippen LogP contribution in [0.3, 0.4) is 0 Å². The molecule has 4 aromatic rings. The van der Waals surface area contributed by atoms with Crippen LogP contribution in [0.5, 0.6) is 0 Å². The highest BCUT2D eigenvalue weighted by molar-refractivity contribution is 6.02. The average molecular weight is 346 g/mol. The molecule has 0 saturated carbocycles. The second kappa shape index (κ2) is 6.11. The van der Waals surface area contributed by atoms with E-state index in [0.29, 0.717) is 33.7 Å². The Labute approximate surface area is 148 Å². The molecule has 26 heavy (non-hydrogen) atoms. The van der Waals surface area contributed by atoms with Crippen LogP contribution >= 0.6 is 0 Å². The number of nitrogens with zero attached hydrogens (tertiary/aromatic N) is 1. The molecule has 4 rings (SSSR count). The summed E-state index contributed by atoms with van der Waals surface area (Å²) in [4.78, 5) is 16.1. The van der Waals surface area contributed by atoms with Gasteiger partial charge in [0.15, 0.2) is 5.76 Å². The molecule has 0 aliphatic carbocycles. The number of aromatic carboxylic acids is 1. The fraction of sp³-hybridized carbons (Fsp3) is 0.0476. The van der Waals surface area contributed by atoms with Crippen molar-refractivity contribution in [2.24, 2.45) is 0 Å². The van der Waals surface area contributed by atoms with Gasteiger partial charge >= 0.3 is 0 Å². The van der Waals surface area contributed by atoms with E-state index >= 15 is 0 Å². The summed E-state index contributed by atoms with van der Waals surface area (Å²) in [6.45, 7) is 1.88. The predicted molar refractivity (Wildman–Crippen MR) is 93.9 cm³/mol. The van der Waals surface area contributed by atoms with E-state index in [2.05, 4.69) is 4.98 Å². The normalized spacial score (nSPS) is 11.0. The number of pyridine rings is 1. The zero-order valence-corrected chi connectivity index (χ0v) is 13.8. The van der Waals surface area contributed by atoms with Gasteiger partial charge in [-0.1, -0.05) is 23.8 Å². The number of carbonyl (C=O) groups is 1. The number of hydrogen-bond donors (Lipinski definition) is 0. The first kappa shape index (κ1) is 16.0. The number of carboxylic acids is 1. The van der Waals surface area contributed by atoms with E-state index in [1.54, 1.807) is 36.4 Å². The minimum Gasteiger partial charge on any atom is -0.545 e. The van der Waals surface area contributed by atoms with Crippen molar-refractivity contribution < 1.29 is 18.7 Å². The summed E-state index contributed by atoms with van der Waals surface area (Å²) in [7, 11) is 0. The van der Waals surface area contributed by atoms with Gasteiger partial charge in [0, 0.05) is 16.5 Å². The van der Waals surface area contributed by atoms with Crippen LogP contribution in [0.15, 0.2) is 65.1 Å². The first-order valence-corrected chi connectivity index (χ1v) is 8.00. The van der Waals surface area contributed by atoms with Crippen LogP contribution in [-0.4, -0.2) is 11.0 Å². The van der Waals surface area contributed by atoms with Gasteiger partial charge in [-0.05, 0) is 49.4 Å². The molecular formula is C21H13FNO3-. The van der Waals surface area contributed by atoms with Crippen LogP contribution in [0, 0.1) is 12.7 Å². The largest absolute Gasteiger partial charge is 0.545 e. The van der Waals surface area contributed by atoms with E-state index < -0.39 is 5.97 Å². The molecule has 2 aromatic carbocycles. The van der Waals surface area contributed by atoms with Gasteiger partial charge in [0.2, 0.25) is 0 Å². The van der Waals surface area contributed by atoms with E-state index in [9.17, 15) is 14.3 Å². The lowest BCUT2D eigenvalue weighted by Gasteiger charge is -2.10. The molecule has 5 heteroatoms. The van der Waals surface area contributed by atoms with Crippen LogP contribution in [-0.2, 0) is 0 Å². The summed E-state index contributed by atoms with van der Waals surface area (Å²) < 4.78 is 19.2. The molecule has 128 valence electrons. The average Bonchev–Trinajstić information content (AvgIpc) is 3.11. The van der Waals surface area contributed by atoms with Gasteiger partial charge in [-0.2, -0.15) is 0 Å². The highest BCUT2D eigenvalue weighted by Crippen LogP contribution is 2.30. The van der Waals surface area contributed by atoms with E-state index in [4.69, 9.17) is 4.42 Å². The fourth-order valence-electron chi connectivity index (χ4n) is 2.91. The lowest BCUT2D eigenvalue weighted by Crippen LogP contribution is -2.22. The second-order valence-electron chi connectivity index (χ2n) is 6.04. The zero-order chi connectivity index (χ0) is 18.3. The molecule has 0 N–H and O–H groups in total. The van der Waals surface area contributed by atoms with E-state index in [1.165, 1.54) is 18.2 Å². The number of fused-ring (bicyclic) bond motifs is 1. The van der Waals surface area contributed by atoms with Crippen molar-refractivity contribution in [1.29, 1.82) is 0 Å². The van der Waals surface area contributed by atoms with Gasteiger partial charge in [-0.25, -0.2) is 9.37 Å². The SMILES string of the molecule is Cc1ccc2nc(-c3ccc(-c4cccc(F)c4)o3)cc(C(=O)[O-])c2c1. The molecule has 0 atom stereocenters. The van der Waals surface area contributed by atoms with Gasteiger partial charge < -0.3 is 14.3 Å². The topological polar surface area (TPSA) is 66.2 Å². The van der Waals surface area contributed by atoms with Crippen molar-refractivity contribution in [3.05, 3.63) is 77.6 Å². The minimum atomic E-state index is -1.28. The molecule has 0 radical (unpaired) electrons. The van der Waals surface area contributed by atoms with Crippen LogP contribution in [0.4, 0.5) is 4.39 Å². The molecule has 0 amide bonds. The zero-order valence-electron chi connectivity index (χ0n) is 13.8. The predicted octanol–water partition coefficient (Wildman–Crippen LogP) is 3.97. The second-order valence-corrected chi connectivity index (χ2v) is 6.04. The molecule has 0 aliphatic heterocycles. The van der Waals surface area contributed by atoms with Crippen molar-refractivity contribution in [3.8, 4) is 22.8 Å². The third kappa shape index (κ3) is 2.84. The third-order valence-corrected chi connectivity index (χ3v) is 4.15. The van der Waals surface area contributed by atoms with Gasteiger partial charge in [0.1, 0.15) is 17.3 Å². The first-order valence-electron chi connectivity index (χ1n) is 8.00. The number of rotatable bonds is 3. The van der Waals surface area contributed by atoms with Crippen molar-refractivity contribution in [3.63, 3.8) is 0 Å². The summed E-state index contributed by atoms with van der Waals surface area (Å²) in [5.41, 5.74) is 2.49. The number of carboxylic acid groups (broad SMARTS) is 1. The monoisotopic (exact) mass is 346 g/mol. The van der Waals surface area contributed by atoms with Gasteiger partial charge in [0.05, 0.1) is 11.5 Å². The molecule has 2 aromatic heterocycles. The van der Waals surface area contributed by atoms with E-state index in [-0.39, 0.29) is 11.4 Å². The lowest BCUT2D eigenvalue weighted by molar-refractivity contribution is -0.254. The maximum Gasteiger partial charge on any atom is 0.153 e. The molecular weight excluding hydrogens is 333 g/mol. The Morgan fingerprint density at radius 3 is 2.62 bits per heavy atom. The van der Waals surface area contributed by atoms with Crippen molar-refractivity contribution >= 4 is 16.9 Å². The standard InChI is InChI=1S/C21H14FNO3/c1-12-5-6-17-15(9-12)16(21(24)25)11-18(23-17)20-8-7-19(26-20)13-3-2-4-14(22)10-13/h2-11H,1H3,(H,24,25)/p-1. The molecule has 0 unspecified atom stereocenters. The number of aromatic nitrogens is 1. The molecule has 0 aliphatic rings. The number of benzene rings is 2. The number of carbonyl (C=O) groups excluding carboxylic acids is 1. The summed E-state index contributed by atoms with van der Waals surface area (Å²) in [6, 6.07) is 16.2. The van der Waals surface area contributed by atoms with Crippen molar-refractivity contribution in [1.82, 2.24) is 4.98 Å². The van der Waals surface area contributed by atoms with Crippen LogP contribution in [0.25, 0.3) is 33.7 Å². The molecule has 0 fully saturated rings. The van der Waals surface area contributed by atoms with Gasteiger partial charge in [0.25, 0.3) is 0 Å². The molecule has 0 bridgehead atoms. The molecule has 0 saturated heterocycles. The Morgan fingerprint density at radius 2 is 1.85 bits per heavy atom. The van der Waals surface area contributed by atoms with E-state index in [1.807, 2.05) is 13.0 Å². The maximum absolute atomic E-state index is 13.4. The number of furan rings is 1. The fourth-order valence-corrected chi connectivity index (χ4v) is 2.91. The summed E-state index contributed by atoms with van der Waals surface area (Å²) in [6.07, 6.45) is 0. The minimum absolute atomic E-state index is 0.0532. The Bertz CT molecular complexity index is 1150. The number of halogens is 1. The number of aryl methyl sites for hydroxylation is 1. The van der Waals surface area contributed by atoms with Gasteiger partial charge in [-0.15, -0.1) is 0 Å². The van der Waals surface area contributed by atoms with E-state index in [0.717, 1.165) is 5.56 Å². The van der Waals surface area contributed by atoms with Crippen LogP contribution < -0.4 is 5.11 Å². The first-order chi connectivity index (χ1) is 12.5. The summed E-state index contributed by atoms with van der Waals surface area (Å²) in [5.74, 6) is -0.769. The molecule has 4 nitrogen and oxygen atoms in total. The quantitative estimate of drug-likeness (QED) is 0.563. The maximum atomic E-state index is 13.4. The van der Waals surface area contributed by atoms with Crippen LogP contribution in [0.2, 0.25) is 0 Å². The number of hydrogen-bond acceptors (Lipinski definition) is 4. The highest BCUT2D eigenvalue weighted by atomic mass is 19.1. The van der Waals surface area contributed by atoms with Crippen molar-refractivity contribution in [2.45, 2.75) is 6.92 Å². The Balaban J connectivity index is 1.85. The Morgan fingerprint density at radius 1 is 1.04 bits per heavy atom. The lowest BCUT2D eigenvalue weighted by atomic mass is 10.0. The van der Waals surface area contributed by atoms with Crippen LogP contribution in [0.1, 0.15) is 15.9 Å². The van der Waals surface area contributed by atoms with Gasteiger partial charge in [-0.3, -0.25) is 0 Å². The van der Waals surface area contributed by atoms with Crippen molar-refractivity contribution in [2.75, 3.05) is 0 Å². The Kier molecular flexibility index (Phi) is 3.77. The summed E-state index contributed by atoms with van der Waals surface area (Å²) >= 11 is 0. The molecule has 2 heterocycles.